The molecule has 0 fully saturated rings. The van der Waals surface area contributed by atoms with Gasteiger partial charge in [-0.25, -0.2) is 0 Å². The van der Waals surface area contributed by atoms with Crippen molar-refractivity contribution in [3.63, 3.8) is 0 Å². The summed E-state index contributed by atoms with van der Waals surface area (Å²) in [7, 11) is 0. The zero-order valence-electron chi connectivity index (χ0n) is 33.9. The Morgan fingerprint density at radius 2 is 1.28 bits per heavy atom. The van der Waals surface area contributed by atoms with Crippen molar-refractivity contribution in [2.24, 2.45) is 0 Å². The van der Waals surface area contributed by atoms with E-state index in [0.717, 1.165) is 44.4 Å². The van der Waals surface area contributed by atoms with Crippen LogP contribution in [0, 0.1) is 0 Å². The van der Waals surface area contributed by atoms with E-state index in [2.05, 4.69) is 214 Å². The number of thiophene rings is 1. The molecule has 2 aliphatic carbocycles. The van der Waals surface area contributed by atoms with Crippen LogP contribution in [-0.4, -0.2) is 0 Å². The molecular weight excluding hydrogens is 743 g/mol. The van der Waals surface area contributed by atoms with Crippen molar-refractivity contribution < 1.29 is 0 Å². The molecule has 0 radical (unpaired) electrons. The molecular formula is C58H43NS. The molecule has 1 atom stereocenters. The van der Waals surface area contributed by atoms with Crippen molar-refractivity contribution in [2.45, 2.75) is 25.7 Å². The third kappa shape index (κ3) is 5.11. The lowest BCUT2D eigenvalue weighted by Gasteiger charge is -2.33. The number of fused-ring (bicyclic) bond motifs is 11. The number of hydrogen-bond acceptors (Lipinski definition) is 2. The van der Waals surface area contributed by atoms with Crippen molar-refractivity contribution >= 4 is 77.8 Å². The van der Waals surface area contributed by atoms with Crippen molar-refractivity contribution in [3.05, 3.63) is 238 Å². The smallest absolute Gasteiger partial charge is 0.0722 e. The first kappa shape index (κ1) is 36.1. The lowest BCUT2D eigenvalue weighted by molar-refractivity contribution is 0.785. The van der Waals surface area contributed by atoms with E-state index in [1.165, 1.54) is 76.2 Å². The standard InChI is InChI=1S/C58H43NS/c1-5-17-50-44(7-3)48-21-10-13-23-51(48)58(50)52-24-14-11-22-49(52)56-53(58)25-16-26-54(56)59(42-34-35-47-40(36-42)29-28-38-18-8-9-20-46(38)47)41-32-30-39(31-33-41)43(6-2)57-37(4)45-19-12-15-27-55(45)60-57/h5-6,8-36H,2,4,7H2,1,3H3/b17-5-,57-43-. The SMILES string of the molecule is C=C/C(c1ccc(N(c2ccc3c(ccc4ccccc43)c2)c2cccc3c2-c2ccccc2C32C(/C=C\C)=C(CC)c3ccccc32)cc1)=c1/sc2ccccc2c1=C. The first-order chi connectivity index (χ1) is 29.6. The summed E-state index contributed by atoms with van der Waals surface area (Å²) in [6.45, 7) is 13.3. The van der Waals surface area contributed by atoms with Crippen LogP contribution in [0.1, 0.15) is 48.1 Å². The number of rotatable bonds is 7. The van der Waals surface area contributed by atoms with Gasteiger partial charge in [0.05, 0.1) is 11.1 Å². The maximum Gasteiger partial charge on any atom is 0.0722 e. The predicted molar refractivity (Wildman–Crippen MR) is 259 cm³/mol. The maximum absolute atomic E-state index is 4.52. The van der Waals surface area contributed by atoms with Gasteiger partial charge in [0.25, 0.3) is 0 Å². The van der Waals surface area contributed by atoms with E-state index in [0.29, 0.717) is 0 Å². The molecule has 1 spiro atoms. The Kier molecular flexibility index (Phi) is 8.48. The summed E-state index contributed by atoms with van der Waals surface area (Å²) in [4.78, 5) is 2.48. The van der Waals surface area contributed by atoms with Crippen molar-refractivity contribution in [1.82, 2.24) is 0 Å². The molecule has 2 heteroatoms. The van der Waals surface area contributed by atoms with Crippen molar-refractivity contribution in [1.29, 1.82) is 0 Å². The predicted octanol–water partition coefficient (Wildman–Crippen LogP) is 14.5. The number of nitrogens with zero attached hydrogens (tertiary/aromatic N) is 1. The summed E-state index contributed by atoms with van der Waals surface area (Å²) in [5.41, 5.74) is 15.9. The molecule has 9 aromatic rings. The maximum atomic E-state index is 4.52. The molecule has 0 bridgehead atoms. The first-order valence-corrected chi connectivity index (χ1v) is 21.7. The minimum atomic E-state index is -0.432. The molecule has 1 heterocycles. The zero-order chi connectivity index (χ0) is 40.5. The van der Waals surface area contributed by atoms with E-state index in [-0.39, 0.29) is 0 Å². The average Bonchev–Trinajstić information content (AvgIpc) is 3.90. The van der Waals surface area contributed by atoms with Crippen LogP contribution in [-0.2, 0) is 5.41 Å². The molecule has 2 aliphatic rings. The zero-order valence-corrected chi connectivity index (χ0v) is 34.7. The summed E-state index contributed by atoms with van der Waals surface area (Å²) in [5, 5.41) is 7.23. The highest BCUT2D eigenvalue weighted by Crippen LogP contribution is 2.64. The average molecular weight is 786 g/mol. The Morgan fingerprint density at radius 1 is 0.633 bits per heavy atom. The van der Waals surface area contributed by atoms with Gasteiger partial charge in [0.15, 0.2) is 0 Å². The number of anilines is 3. The molecule has 286 valence electrons. The van der Waals surface area contributed by atoms with Gasteiger partial charge in [-0.15, -0.1) is 11.3 Å². The van der Waals surface area contributed by atoms with Crippen LogP contribution < -0.4 is 14.7 Å². The second-order valence-electron chi connectivity index (χ2n) is 15.9. The van der Waals surface area contributed by atoms with Crippen LogP contribution in [0.3, 0.4) is 0 Å². The van der Waals surface area contributed by atoms with Crippen LogP contribution >= 0.6 is 11.3 Å². The van der Waals surface area contributed by atoms with Gasteiger partial charge >= 0.3 is 0 Å². The summed E-state index contributed by atoms with van der Waals surface area (Å²) < 4.78 is 2.40. The molecule has 8 aromatic carbocycles. The highest BCUT2D eigenvalue weighted by Gasteiger charge is 2.52. The van der Waals surface area contributed by atoms with Crippen LogP contribution in [0.25, 0.3) is 60.5 Å². The molecule has 60 heavy (non-hydrogen) atoms. The van der Waals surface area contributed by atoms with Gasteiger partial charge < -0.3 is 4.90 Å². The second-order valence-corrected chi connectivity index (χ2v) is 16.9. The van der Waals surface area contributed by atoms with Gasteiger partial charge in [-0.1, -0.05) is 172 Å². The minimum absolute atomic E-state index is 0.432. The molecule has 1 nitrogen and oxygen atoms in total. The quantitative estimate of drug-likeness (QED) is 0.146. The number of allylic oxidation sites excluding steroid dienone is 5. The van der Waals surface area contributed by atoms with Gasteiger partial charge in [-0.05, 0) is 132 Å². The van der Waals surface area contributed by atoms with Crippen LogP contribution in [0.5, 0.6) is 0 Å². The molecule has 0 saturated heterocycles. The Morgan fingerprint density at radius 3 is 2.05 bits per heavy atom. The Balaban J connectivity index is 1.17. The number of hydrogen-bond donors (Lipinski definition) is 0. The fraction of sp³-hybridized carbons (Fsp3) is 0.0690. The van der Waals surface area contributed by atoms with E-state index in [9.17, 15) is 0 Å². The topological polar surface area (TPSA) is 3.24 Å². The van der Waals surface area contributed by atoms with Gasteiger partial charge in [-0.3, -0.25) is 0 Å². The second kappa shape index (κ2) is 14.1. The van der Waals surface area contributed by atoms with E-state index >= 15 is 0 Å². The lowest BCUT2D eigenvalue weighted by atomic mass is 9.69. The molecule has 0 N–H and O–H groups in total. The van der Waals surface area contributed by atoms with Gasteiger partial charge in [0.2, 0.25) is 0 Å². The third-order valence-electron chi connectivity index (χ3n) is 12.9. The third-order valence-corrected chi connectivity index (χ3v) is 14.2. The Labute approximate surface area is 355 Å². The number of benzene rings is 8. The molecule has 0 saturated carbocycles. The minimum Gasteiger partial charge on any atom is -0.310 e. The monoisotopic (exact) mass is 785 g/mol. The summed E-state index contributed by atoms with van der Waals surface area (Å²) in [5.74, 6) is 0. The largest absolute Gasteiger partial charge is 0.310 e. The summed E-state index contributed by atoms with van der Waals surface area (Å²) in [6.07, 6.45) is 7.55. The van der Waals surface area contributed by atoms with E-state index in [1.807, 2.05) is 6.08 Å². The van der Waals surface area contributed by atoms with Gasteiger partial charge in [0, 0.05) is 26.2 Å². The Bertz CT molecular complexity index is 3410. The van der Waals surface area contributed by atoms with Crippen LogP contribution in [0.2, 0.25) is 0 Å². The normalized spacial score (nSPS) is 15.9. The lowest BCUT2D eigenvalue weighted by Crippen LogP contribution is -2.27. The molecule has 11 rings (SSSR count). The van der Waals surface area contributed by atoms with Crippen molar-refractivity contribution in [2.75, 3.05) is 4.90 Å². The van der Waals surface area contributed by atoms with Gasteiger partial charge in [-0.2, -0.15) is 0 Å². The Hall–Kier alpha value is -7.00. The molecule has 0 amide bonds. The molecule has 0 aliphatic heterocycles. The van der Waals surface area contributed by atoms with E-state index in [1.54, 1.807) is 11.3 Å². The fourth-order valence-electron chi connectivity index (χ4n) is 10.5. The van der Waals surface area contributed by atoms with Crippen LogP contribution in [0.4, 0.5) is 17.1 Å². The fourth-order valence-corrected chi connectivity index (χ4v) is 11.7. The first-order valence-electron chi connectivity index (χ1n) is 20.9. The van der Waals surface area contributed by atoms with E-state index < -0.39 is 5.41 Å². The van der Waals surface area contributed by atoms with Crippen molar-refractivity contribution in [3.8, 4) is 11.1 Å². The van der Waals surface area contributed by atoms with E-state index in [4.69, 9.17) is 0 Å². The highest BCUT2D eigenvalue weighted by molar-refractivity contribution is 7.17. The summed E-state index contributed by atoms with van der Waals surface area (Å²) >= 11 is 1.78. The van der Waals surface area contributed by atoms with Crippen LogP contribution in [0.15, 0.2) is 200 Å². The molecule has 1 unspecified atom stereocenters. The molecule has 1 aromatic heterocycles. The van der Waals surface area contributed by atoms with Gasteiger partial charge in [0.1, 0.15) is 0 Å². The highest BCUT2D eigenvalue weighted by atomic mass is 32.1. The summed E-state index contributed by atoms with van der Waals surface area (Å²) in [6, 6.07) is 63.0.